The van der Waals surface area contributed by atoms with E-state index in [0.717, 1.165) is 0 Å². The van der Waals surface area contributed by atoms with E-state index in [4.69, 9.17) is 37.9 Å². The Morgan fingerprint density at radius 3 is 2.14 bits per heavy atom. The van der Waals surface area contributed by atoms with Gasteiger partial charge in [-0.15, -0.1) is 11.8 Å². The predicted octanol–water partition coefficient (Wildman–Crippen LogP) is 4.80. The molecule has 2 aromatic rings. The van der Waals surface area contributed by atoms with Crippen LogP contribution in [-0.4, -0.2) is 132 Å². The number of carbonyl (C=O) groups excluding carboxylic acids is 6. The lowest BCUT2D eigenvalue weighted by Crippen LogP contribution is -2.81. The monoisotopic (exact) mass is 939 g/mol. The number of benzene rings is 2. The molecule has 1 saturated heterocycles. The second-order valence-electron chi connectivity index (χ2n) is 19.0. The van der Waals surface area contributed by atoms with Crippen molar-refractivity contribution in [3.8, 4) is 0 Å². The SMILES string of the molecule is COCS[C@H]1C[C@H]2OC[C@@]2(OC(C)=O)C2C(OC(=O)c3ccccc3)[C@]3(O)C[C@H](OC(=O)[C@H](O)[C@@H](NC(=O)OC(C)(C)C)c4ccccc4)C(C)=C([C@@H](OC(=O)COC)C(=O)[C@@]21C)C3(C)C. The zero-order valence-electron chi connectivity index (χ0n) is 38.9. The molecule has 0 aromatic heterocycles. The Hall–Kier alpha value is -4.85. The van der Waals surface area contributed by atoms with Crippen LogP contribution in [0, 0.1) is 16.7 Å². The molecule has 3 aliphatic carbocycles. The third kappa shape index (κ3) is 9.36. The molecule has 6 rings (SSSR count). The molecule has 0 spiro atoms. The van der Waals surface area contributed by atoms with Gasteiger partial charge in [-0.2, -0.15) is 0 Å². The van der Waals surface area contributed by atoms with Crippen LogP contribution in [0.1, 0.15) is 90.2 Å². The maximum Gasteiger partial charge on any atom is 0.408 e. The van der Waals surface area contributed by atoms with Crippen LogP contribution in [0.4, 0.5) is 4.79 Å². The topological polar surface area (TPSA) is 229 Å². The van der Waals surface area contributed by atoms with Gasteiger partial charge in [0.25, 0.3) is 0 Å². The van der Waals surface area contributed by atoms with Crippen molar-refractivity contribution >= 4 is 47.5 Å². The minimum atomic E-state index is -2.37. The van der Waals surface area contributed by atoms with Crippen molar-refractivity contribution in [2.75, 3.05) is 33.4 Å². The van der Waals surface area contributed by atoms with Crippen molar-refractivity contribution in [3.63, 3.8) is 0 Å². The van der Waals surface area contributed by atoms with Crippen molar-refractivity contribution in [1.29, 1.82) is 0 Å². The summed E-state index contributed by atoms with van der Waals surface area (Å²) in [5.41, 5.74) is -7.78. The summed E-state index contributed by atoms with van der Waals surface area (Å²) in [6.07, 6.45) is -9.30. The van der Waals surface area contributed by atoms with Crippen LogP contribution in [0.25, 0.3) is 0 Å². The predicted molar refractivity (Wildman–Crippen MR) is 237 cm³/mol. The van der Waals surface area contributed by atoms with Crippen LogP contribution >= 0.6 is 11.8 Å². The summed E-state index contributed by atoms with van der Waals surface area (Å²) in [6.45, 7) is 11.7. The van der Waals surface area contributed by atoms with E-state index in [1.165, 1.54) is 45.0 Å². The number of aliphatic hydroxyl groups excluding tert-OH is 1. The number of Topliss-reactive ketones (excluding diaryl/α,β-unsaturated/α-hetero) is 1. The number of carbonyl (C=O) groups is 6. The van der Waals surface area contributed by atoms with Crippen molar-refractivity contribution in [2.24, 2.45) is 16.7 Å². The quantitative estimate of drug-likeness (QED) is 0.100. The Morgan fingerprint density at radius 2 is 1.58 bits per heavy atom. The van der Waals surface area contributed by atoms with Gasteiger partial charge >= 0.3 is 30.0 Å². The number of rotatable bonds is 14. The Morgan fingerprint density at radius 1 is 0.939 bits per heavy atom. The van der Waals surface area contributed by atoms with Crippen molar-refractivity contribution < 1.29 is 76.9 Å². The molecule has 360 valence electrons. The van der Waals surface area contributed by atoms with E-state index < -0.39 is 124 Å². The van der Waals surface area contributed by atoms with Gasteiger partial charge < -0.3 is 53.4 Å². The van der Waals surface area contributed by atoms with Crippen LogP contribution in [0.15, 0.2) is 71.8 Å². The third-order valence-electron chi connectivity index (χ3n) is 13.4. The number of aliphatic hydroxyl groups is 2. The molecule has 4 aliphatic rings. The maximum atomic E-state index is 16.1. The van der Waals surface area contributed by atoms with E-state index in [1.54, 1.807) is 97.0 Å². The summed E-state index contributed by atoms with van der Waals surface area (Å²) in [4.78, 5) is 85.0. The number of thioether (sulfide) groups is 1. The first-order chi connectivity index (χ1) is 31.0. The van der Waals surface area contributed by atoms with E-state index >= 15 is 4.79 Å². The first kappa shape index (κ1) is 50.6. The van der Waals surface area contributed by atoms with Crippen molar-refractivity contribution in [3.05, 3.63) is 82.9 Å². The van der Waals surface area contributed by atoms with Crippen LogP contribution in [0.3, 0.4) is 0 Å². The normalized spacial score (nSPS) is 30.9. The molecule has 11 atom stereocenters. The van der Waals surface area contributed by atoms with E-state index in [0.29, 0.717) is 5.56 Å². The van der Waals surface area contributed by atoms with Crippen LogP contribution < -0.4 is 5.32 Å². The number of ether oxygens (including phenoxy) is 8. The number of nitrogens with one attached hydrogen (secondary N) is 1. The van der Waals surface area contributed by atoms with Gasteiger partial charge in [0, 0.05) is 38.2 Å². The molecule has 17 nitrogen and oxygen atoms in total. The number of alkyl carbamates (subject to hydrolysis) is 1. The molecule has 2 bridgehead atoms. The van der Waals surface area contributed by atoms with Gasteiger partial charge in [0.15, 0.2) is 23.6 Å². The van der Waals surface area contributed by atoms with Gasteiger partial charge in [-0.3, -0.25) is 9.59 Å². The fraction of sp³-hybridized carbons (Fsp3) is 0.583. The summed E-state index contributed by atoms with van der Waals surface area (Å²) >= 11 is 1.25. The number of amides is 1. The van der Waals surface area contributed by atoms with Crippen LogP contribution in [0.5, 0.6) is 0 Å². The Bertz CT molecular complexity index is 2190. The molecule has 3 N–H and O–H groups in total. The van der Waals surface area contributed by atoms with E-state index in [-0.39, 0.29) is 35.7 Å². The number of ketones is 1. The Balaban J connectivity index is 1.58. The molecule has 3 fully saturated rings. The molecule has 2 saturated carbocycles. The van der Waals surface area contributed by atoms with E-state index in [2.05, 4.69) is 5.32 Å². The zero-order valence-corrected chi connectivity index (χ0v) is 39.8. The first-order valence-corrected chi connectivity index (χ1v) is 22.8. The molecule has 66 heavy (non-hydrogen) atoms. The first-order valence-electron chi connectivity index (χ1n) is 21.7. The maximum absolute atomic E-state index is 16.1. The highest BCUT2D eigenvalue weighted by Gasteiger charge is 2.78. The second kappa shape index (κ2) is 19.4. The molecule has 1 amide bonds. The molecule has 2 unspecified atom stereocenters. The molecule has 1 aliphatic heterocycles. The van der Waals surface area contributed by atoms with Gasteiger partial charge in [0.1, 0.15) is 36.1 Å². The zero-order chi connectivity index (χ0) is 48.6. The van der Waals surface area contributed by atoms with Gasteiger partial charge in [-0.1, -0.05) is 69.3 Å². The molecular formula is C48H61NO16S. The lowest BCUT2D eigenvalue weighted by molar-refractivity contribution is -0.331. The lowest BCUT2D eigenvalue weighted by atomic mass is 9.45. The third-order valence-corrected chi connectivity index (χ3v) is 14.9. The summed E-state index contributed by atoms with van der Waals surface area (Å²) in [5, 5.41) is 27.6. The average Bonchev–Trinajstić information content (AvgIpc) is 3.24. The highest BCUT2D eigenvalue weighted by atomic mass is 32.2. The molecular weight excluding hydrogens is 879 g/mol. The van der Waals surface area contributed by atoms with Crippen molar-refractivity contribution in [2.45, 2.75) is 127 Å². The van der Waals surface area contributed by atoms with Gasteiger partial charge in [-0.05, 0) is 63.0 Å². The molecule has 1 heterocycles. The Labute approximate surface area is 388 Å². The van der Waals surface area contributed by atoms with Crippen LogP contribution in [-0.2, 0) is 57.1 Å². The Kier molecular flexibility index (Phi) is 14.9. The summed E-state index contributed by atoms with van der Waals surface area (Å²) in [7, 11) is 2.76. The molecule has 2 aromatic carbocycles. The van der Waals surface area contributed by atoms with Crippen molar-refractivity contribution in [1.82, 2.24) is 5.32 Å². The number of hydrogen-bond donors (Lipinski definition) is 3. The summed E-state index contributed by atoms with van der Waals surface area (Å²) in [5.74, 6) is -5.83. The molecule has 18 heteroatoms. The fourth-order valence-electron chi connectivity index (χ4n) is 10.3. The standard InChI is InChI=1S/C48H61NO16S/c1-26-30(61-42(55)36(52)35(28-17-13-11-14-18-28)49-43(56)65-44(3,4)5)22-48(57)40(63-41(54)29-19-15-12-16-20-29)38-46(8,39(53)37(34(26)45(48,6)7)62-33(51)23-58-9)32(66-25-59-10)21-31-47(38,24-60-31)64-27(2)50/h11-20,30-32,35-38,40,52,57H,21-25H2,1-10H3,(H,49,56)/t30-,31+,32-,35-,36+,37+,38?,40?,46+,47-,48+/m0/s1. The number of methoxy groups -OCH3 is 2. The highest BCUT2D eigenvalue weighted by molar-refractivity contribution is 7.99. The van der Waals surface area contributed by atoms with Gasteiger partial charge in [-0.25, -0.2) is 19.2 Å². The number of esters is 4. The average molecular weight is 940 g/mol. The van der Waals surface area contributed by atoms with E-state index in [9.17, 15) is 34.2 Å². The smallest absolute Gasteiger partial charge is 0.408 e. The van der Waals surface area contributed by atoms with Crippen LogP contribution in [0.2, 0.25) is 0 Å². The second-order valence-corrected chi connectivity index (χ2v) is 20.2. The summed E-state index contributed by atoms with van der Waals surface area (Å²) < 4.78 is 47.3. The number of hydrogen-bond acceptors (Lipinski definition) is 17. The largest absolute Gasteiger partial charge is 0.456 e. The van der Waals surface area contributed by atoms with Gasteiger partial charge in [0.2, 0.25) is 0 Å². The summed E-state index contributed by atoms with van der Waals surface area (Å²) in [6, 6.07) is 14.8. The lowest BCUT2D eigenvalue weighted by Gasteiger charge is -2.68. The highest BCUT2D eigenvalue weighted by Crippen LogP contribution is 2.66. The van der Waals surface area contributed by atoms with Gasteiger partial charge in [0.05, 0.1) is 35.5 Å². The fourth-order valence-corrected chi connectivity index (χ4v) is 11.5. The number of fused-ring (bicyclic) bond motifs is 5. The minimum Gasteiger partial charge on any atom is -0.456 e. The minimum absolute atomic E-state index is 0.0360. The van der Waals surface area contributed by atoms with E-state index in [1.807, 2.05) is 0 Å². The molecule has 0 radical (unpaired) electrons.